The predicted molar refractivity (Wildman–Crippen MR) is 119 cm³/mol. The van der Waals surface area contributed by atoms with Gasteiger partial charge in [-0.3, -0.25) is 9.59 Å². The second-order valence-electron chi connectivity index (χ2n) is 8.20. The smallest absolute Gasteiger partial charge is 0.224 e. The lowest BCUT2D eigenvalue weighted by Crippen LogP contribution is -2.31. The zero-order chi connectivity index (χ0) is 21.2. The molecule has 29 heavy (non-hydrogen) atoms. The van der Waals surface area contributed by atoms with Gasteiger partial charge in [0.1, 0.15) is 0 Å². The summed E-state index contributed by atoms with van der Waals surface area (Å²) in [6.07, 6.45) is 1.49. The van der Waals surface area contributed by atoms with E-state index in [0.717, 1.165) is 17.5 Å². The van der Waals surface area contributed by atoms with Crippen LogP contribution in [0, 0.1) is 0 Å². The molecule has 0 aliphatic rings. The molecule has 0 radical (unpaired) electrons. The molecule has 0 saturated carbocycles. The Balaban J connectivity index is 1.61. The van der Waals surface area contributed by atoms with Crippen molar-refractivity contribution in [3.05, 3.63) is 70.8 Å². The average molecular weight is 395 g/mol. The van der Waals surface area contributed by atoms with Gasteiger partial charge < -0.3 is 10.6 Å². The SMILES string of the molecule is CC(C)c1ccc(CC(=O)NCCCNC(=O)Cc2ccc(C(C)C)cc2)cc1. The number of amides is 2. The van der Waals surface area contributed by atoms with Gasteiger partial charge in [-0.2, -0.15) is 0 Å². The van der Waals surface area contributed by atoms with Gasteiger partial charge in [0.2, 0.25) is 11.8 Å². The molecule has 0 bridgehead atoms. The molecule has 0 aliphatic heterocycles. The van der Waals surface area contributed by atoms with Crippen LogP contribution in [0.15, 0.2) is 48.5 Å². The lowest BCUT2D eigenvalue weighted by molar-refractivity contribution is -0.120. The van der Waals surface area contributed by atoms with Crippen molar-refractivity contribution in [2.45, 2.75) is 58.8 Å². The van der Waals surface area contributed by atoms with Gasteiger partial charge in [0, 0.05) is 13.1 Å². The summed E-state index contributed by atoms with van der Waals surface area (Å²) in [7, 11) is 0. The highest BCUT2D eigenvalue weighted by Crippen LogP contribution is 2.15. The third-order valence-corrected chi connectivity index (χ3v) is 5.02. The molecule has 0 spiro atoms. The topological polar surface area (TPSA) is 58.2 Å². The Kier molecular flexibility index (Phi) is 8.91. The first-order valence-corrected chi connectivity index (χ1v) is 10.6. The summed E-state index contributed by atoms with van der Waals surface area (Å²) in [5.74, 6) is 1.01. The molecular weight excluding hydrogens is 360 g/mol. The van der Waals surface area contributed by atoms with Crippen molar-refractivity contribution in [1.29, 1.82) is 0 Å². The molecule has 2 amide bonds. The van der Waals surface area contributed by atoms with Gasteiger partial charge in [0.15, 0.2) is 0 Å². The number of hydrogen-bond acceptors (Lipinski definition) is 2. The van der Waals surface area contributed by atoms with Gasteiger partial charge in [-0.1, -0.05) is 76.2 Å². The van der Waals surface area contributed by atoms with Crippen molar-refractivity contribution in [1.82, 2.24) is 10.6 Å². The molecule has 2 rings (SSSR count). The standard InChI is InChI=1S/C25H34N2O2/c1-18(2)22-10-6-20(7-11-22)16-24(28)26-14-5-15-27-25(29)17-21-8-12-23(13-9-21)19(3)4/h6-13,18-19H,5,14-17H2,1-4H3,(H,26,28)(H,27,29). The van der Waals surface area contributed by atoms with Crippen LogP contribution in [-0.2, 0) is 22.4 Å². The number of rotatable bonds is 10. The predicted octanol–water partition coefficient (Wildman–Crippen LogP) is 4.34. The third-order valence-electron chi connectivity index (χ3n) is 5.02. The Labute approximate surface area is 175 Å². The Morgan fingerprint density at radius 3 is 1.31 bits per heavy atom. The maximum Gasteiger partial charge on any atom is 0.224 e. The molecule has 0 atom stereocenters. The highest BCUT2D eigenvalue weighted by atomic mass is 16.2. The van der Waals surface area contributed by atoms with Crippen LogP contribution >= 0.6 is 0 Å². The van der Waals surface area contributed by atoms with Crippen LogP contribution in [0.3, 0.4) is 0 Å². The molecule has 156 valence electrons. The molecule has 0 saturated heterocycles. The number of hydrogen-bond donors (Lipinski definition) is 2. The monoisotopic (exact) mass is 394 g/mol. The molecule has 0 aromatic heterocycles. The van der Waals surface area contributed by atoms with E-state index in [-0.39, 0.29) is 11.8 Å². The minimum Gasteiger partial charge on any atom is -0.356 e. The summed E-state index contributed by atoms with van der Waals surface area (Å²) in [4.78, 5) is 24.1. The van der Waals surface area contributed by atoms with Crippen LogP contribution in [0.2, 0.25) is 0 Å². The molecule has 2 aromatic carbocycles. The third kappa shape index (κ3) is 8.10. The molecule has 4 nitrogen and oxygen atoms in total. The zero-order valence-corrected chi connectivity index (χ0v) is 18.1. The van der Waals surface area contributed by atoms with Crippen molar-refractivity contribution in [2.75, 3.05) is 13.1 Å². The molecule has 0 unspecified atom stereocenters. The fourth-order valence-corrected chi connectivity index (χ4v) is 3.08. The summed E-state index contributed by atoms with van der Waals surface area (Å²) in [5.41, 5.74) is 4.59. The van der Waals surface area contributed by atoms with Crippen molar-refractivity contribution in [2.24, 2.45) is 0 Å². The first-order chi connectivity index (χ1) is 13.8. The molecule has 2 aromatic rings. The van der Waals surface area contributed by atoms with Gasteiger partial charge in [-0.05, 0) is 40.5 Å². The first kappa shape index (κ1) is 22.7. The van der Waals surface area contributed by atoms with E-state index in [1.165, 1.54) is 11.1 Å². The average Bonchev–Trinajstić information content (AvgIpc) is 2.68. The maximum atomic E-state index is 12.0. The second kappa shape index (κ2) is 11.4. The van der Waals surface area contributed by atoms with Crippen LogP contribution in [0.5, 0.6) is 0 Å². The van der Waals surface area contributed by atoms with Crippen molar-refractivity contribution in [3.8, 4) is 0 Å². The van der Waals surface area contributed by atoms with E-state index in [1.54, 1.807) is 0 Å². The van der Waals surface area contributed by atoms with Crippen LogP contribution in [-0.4, -0.2) is 24.9 Å². The number of carbonyl (C=O) groups is 2. The van der Waals surface area contributed by atoms with Crippen LogP contribution in [0.25, 0.3) is 0 Å². The molecular formula is C25H34N2O2. The number of nitrogens with one attached hydrogen (secondary N) is 2. The summed E-state index contributed by atoms with van der Waals surface area (Å²) in [6.45, 7) is 9.75. The number of benzene rings is 2. The van der Waals surface area contributed by atoms with E-state index in [0.29, 0.717) is 37.8 Å². The summed E-state index contributed by atoms with van der Waals surface area (Å²) >= 11 is 0. The van der Waals surface area contributed by atoms with Gasteiger partial charge in [-0.15, -0.1) is 0 Å². The summed E-state index contributed by atoms with van der Waals surface area (Å²) < 4.78 is 0. The fourth-order valence-electron chi connectivity index (χ4n) is 3.08. The summed E-state index contributed by atoms with van der Waals surface area (Å²) in [5, 5.41) is 5.84. The minimum atomic E-state index is 0.0128. The Morgan fingerprint density at radius 2 is 1.00 bits per heavy atom. The van der Waals surface area contributed by atoms with Crippen LogP contribution in [0.4, 0.5) is 0 Å². The fraction of sp³-hybridized carbons (Fsp3) is 0.440. The highest BCUT2D eigenvalue weighted by Gasteiger charge is 2.06. The van der Waals surface area contributed by atoms with E-state index in [9.17, 15) is 9.59 Å². The van der Waals surface area contributed by atoms with Gasteiger partial charge in [-0.25, -0.2) is 0 Å². The Hall–Kier alpha value is -2.62. The quantitative estimate of drug-likeness (QED) is 0.589. The van der Waals surface area contributed by atoms with Gasteiger partial charge in [0.25, 0.3) is 0 Å². The lowest BCUT2D eigenvalue weighted by atomic mass is 10.0. The molecule has 2 N–H and O–H groups in total. The van der Waals surface area contributed by atoms with Crippen molar-refractivity contribution < 1.29 is 9.59 Å². The van der Waals surface area contributed by atoms with E-state index < -0.39 is 0 Å². The first-order valence-electron chi connectivity index (χ1n) is 10.6. The minimum absolute atomic E-state index is 0.0128. The highest BCUT2D eigenvalue weighted by molar-refractivity contribution is 5.79. The van der Waals surface area contributed by atoms with E-state index in [1.807, 2.05) is 24.3 Å². The summed E-state index contributed by atoms with van der Waals surface area (Å²) in [6, 6.07) is 16.4. The van der Waals surface area contributed by atoms with Crippen LogP contribution in [0.1, 0.15) is 68.2 Å². The maximum absolute atomic E-state index is 12.0. The molecule has 4 heteroatoms. The lowest BCUT2D eigenvalue weighted by Gasteiger charge is -2.09. The van der Waals surface area contributed by atoms with Gasteiger partial charge in [0.05, 0.1) is 12.8 Å². The number of carbonyl (C=O) groups excluding carboxylic acids is 2. The van der Waals surface area contributed by atoms with E-state index in [4.69, 9.17) is 0 Å². The molecule has 0 heterocycles. The van der Waals surface area contributed by atoms with Gasteiger partial charge >= 0.3 is 0 Å². The van der Waals surface area contributed by atoms with Crippen LogP contribution < -0.4 is 10.6 Å². The van der Waals surface area contributed by atoms with Crippen molar-refractivity contribution >= 4 is 11.8 Å². The largest absolute Gasteiger partial charge is 0.356 e. The Morgan fingerprint density at radius 1 is 0.655 bits per heavy atom. The normalized spacial score (nSPS) is 11.0. The van der Waals surface area contributed by atoms with E-state index in [2.05, 4.69) is 62.6 Å². The molecule has 0 fully saturated rings. The van der Waals surface area contributed by atoms with E-state index >= 15 is 0 Å². The molecule has 0 aliphatic carbocycles. The Bertz CT molecular complexity index is 710. The zero-order valence-electron chi connectivity index (χ0n) is 18.1. The second-order valence-corrected chi connectivity index (χ2v) is 8.20. The van der Waals surface area contributed by atoms with Crippen molar-refractivity contribution in [3.63, 3.8) is 0 Å².